The lowest BCUT2D eigenvalue weighted by atomic mass is 10.3. The van der Waals surface area contributed by atoms with Crippen LogP contribution in [0.4, 0.5) is 0 Å². The Kier molecular flexibility index (Phi) is 3.53. The molecule has 3 heterocycles. The molecule has 0 spiro atoms. The van der Waals surface area contributed by atoms with E-state index in [-0.39, 0.29) is 5.91 Å². The molecule has 0 aromatic carbocycles. The van der Waals surface area contributed by atoms with Gasteiger partial charge < -0.3 is 9.72 Å². The van der Waals surface area contributed by atoms with Crippen molar-refractivity contribution in [1.82, 2.24) is 19.7 Å². The van der Waals surface area contributed by atoms with Crippen LogP contribution in [-0.2, 0) is 0 Å². The number of nitrogens with one attached hydrogen (secondary N) is 1. The highest BCUT2D eigenvalue weighted by atomic mass is 32.1. The molecule has 0 saturated heterocycles. The number of hydrogen-bond acceptors (Lipinski definition) is 4. The topological polar surface area (TPSA) is 59.3 Å². The molecule has 0 saturated carbocycles. The van der Waals surface area contributed by atoms with Crippen LogP contribution in [0, 0.1) is 6.92 Å². The van der Waals surface area contributed by atoms with Crippen molar-refractivity contribution in [2.45, 2.75) is 6.92 Å². The minimum absolute atomic E-state index is 0.113. The average Bonchev–Trinajstić information content (AvgIpc) is 3.10. The summed E-state index contributed by atoms with van der Waals surface area (Å²) in [7, 11) is 1.61. The maximum Gasteiger partial charge on any atom is 0.262 e. The maximum atomic E-state index is 11.5. The molecule has 0 atom stereocenters. The highest BCUT2D eigenvalue weighted by molar-refractivity contribution is 7.14. The van der Waals surface area contributed by atoms with Crippen LogP contribution in [0.2, 0.25) is 0 Å². The number of aryl methyl sites for hydroxylation is 1. The first kappa shape index (κ1) is 13.5. The summed E-state index contributed by atoms with van der Waals surface area (Å²) in [4.78, 5) is 20.7. The van der Waals surface area contributed by atoms with E-state index in [1.54, 1.807) is 13.2 Å². The van der Waals surface area contributed by atoms with Gasteiger partial charge >= 0.3 is 0 Å². The number of hydrogen-bond donors (Lipinski definition) is 1. The summed E-state index contributed by atoms with van der Waals surface area (Å²) in [5.41, 5.74) is 3.07. The SMILES string of the molecule is CNC(=O)c1cnc(/C=C/c2cnc3cc(C)ccn23)s1. The van der Waals surface area contributed by atoms with Crippen LogP contribution < -0.4 is 5.32 Å². The second kappa shape index (κ2) is 5.49. The quantitative estimate of drug-likeness (QED) is 0.808. The van der Waals surface area contributed by atoms with Crippen molar-refractivity contribution in [1.29, 1.82) is 0 Å². The summed E-state index contributed by atoms with van der Waals surface area (Å²) in [6.45, 7) is 2.04. The van der Waals surface area contributed by atoms with Crippen LogP contribution in [-0.4, -0.2) is 27.3 Å². The van der Waals surface area contributed by atoms with Gasteiger partial charge in [-0.2, -0.15) is 0 Å². The summed E-state index contributed by atoms with van der Waals surface area (Å²) >= 11 is 1.36. The first-order valence-electron chi connectivity index (χ1n) is 6.47. The Bertz CT molecular complexity index is 831. The van der Waals surface area contributed by atoms with Crippen LogP contribution in [0.3, 0.4) is 0 Å². The molecule has 106 valence electrons. The van der Waals surface area contributed by atoms with Gasteiger partial charge in [0.25, 0.3) is 5.91 Å². The van der Waals surface area contributed by atoms with E-state index in [0.717, 1.165) is 16.3 Å². The Hall–Kier alpha value is -2.47. The second-order valence-electron chi connectivity index (χ2n) is 4.59. The lowest BCUT2D eigenvalue weighted by molar-refractivity contribution is 0.0967. The van der Waals surface area contributed by atoms with Crippen molar-refractivity contribution in [3.05, 3.63) is 51.9 Å². The van der Waals surface area contributed by atoms with Crippen LogP contribution in [0.15, 0.2) is 30.7 Å². The molecule has 1 N–H and O–H groups in total. The maximum absolute atomic E-state index is 11.5. The predicted molar refractivity (Wildman–Crippen MR) is 84.4 cm³/mol. The molecular weight excluding hydrogens is 284 g/mol. The van der Waals surface area contributed by atoms with Crippen LogP contribution >= 0.6 is 11.3 Å². The van der Waals surface area contributed by atoms with E-state index >= 15 is 0 Å². The highest BCUT2D eigenvalue weighted by Crippen LogP contribution is 2.17. The Morgan fingerprint density at radius 1 is 1.33 bits per heavy atom. The van der Waals surface area contributed by atoms with Crippen molar-refractivity contribution in [3.8, 4) is 0 Å². The molecule has 21 heavy (non-hydrogen) atoms. The van der Waals surface area contributed by atoms with E-state index in [1.165, 1.54) is 16.9 Å². The van der Waals surface area contributed by atoms with E-state index in [4.69, 9.17) is 0 Å². The van der Waals surface area contributed by atoms with Crippen LogP contribution in [0.25, 0.3) is 17.8 Å². The van der Waals surface area contributed by atoms with Crippen molar-refractivity contribution in [2.75, 3.05) is 7.05 Å². The summed E-state index contributed by atoms with van der Waals surface area (Å²) < 4.78 is 2.01. The summed E-state index contributed by atoms with van der Waals surface area (Å²) in [6.07, 6.45) is 9.23. The molecule has 0 aliphatic rings. The number of rotatable bonds is 3. The summed E-state index contributed by atoms with van der Waals surface area (Å²) in [5.74, 6) is -0.113. The molecule has 0 unspecified atom stereocenters. The number of nitrogens with zero attached hydrogens (tertiary/aromatic N) is 3. The normalized spacial score (nSPS) is 11.3. The minimum atomic E-state index is -0.113. The number of amides is 1. The molecule has 3 aromatic heterocycles. The van der Waals surface area contributed by atoms with Gasteiger partial charge in [0.05, 0.1) is 18.1 Å². The monoisotopic (exact) mass is 298 g/mol. The minimum Gasteiger partial charge on any atom is -0.354 e. The van der Waals surface area contributed by atoms with Gasteiger partial charge in [0.15, 0.2) is 0 Å². The van der Waals surface area contributed by atoms with Crippen molar-refractivity contribution >= 4 is 35.0 Å². The zero-order chi connectivity index (χ0) is 14.8. The van der Waals surface area contributed by atoms with Gasteiger partial charge in [-0.3, -0.25) is 4.79 Å². The molecular formula is C15H14N4OS. The van der Waals surface area contributed by atoms with Gasteiger partial charge in [0, 0.05) is 13.2 Å². The predicted octanol–water partition coefficient (Wildman–Crippen LogP) is 2.63. The third kappa shape index (κ3) is 2.71. The molecule has 3 aromatic rings. The van der Waals surface area contributed by atoms with Gasteiger partial charge in [-0.05, 0) is 36.8 Å². The standard InChI is InChI=1S/C15H14N4OS/c1-10-5-6-19-11(8-17-13(19)7-10)3-4-14-18-9-12(21-14)15(20)16-2/h3-9H,1-2H3,(H,16,20)/b4-3+. The lowest BCUT2D eigenvalue weighted by Crippen LogP contribution is -2.16. The van der Waals surface area contributed by atoms with E-state index < -0.39 is 0 Å². The number of fused-ring (bicyclic) bond motifs is 1. The molecule has 0 aliphatic heterocycles. The largest absolute Gasteiger partial charge is 0.354 e. The number of pyridine rings is 1. The van der Waals surface area contributed by atoms with Gasteiger partial charge in [-0.25, -0.2) is 9.97 Å². The third-order valence-corrected chi connectivity index (χ3v) is 4.03. The number of carbonyl (C=O) groups excluding carboxylic acids is 1. The molecule has 0 fully saturated rings. The van der Waals surface area contributed by atoms with Crippen LogP contribution in [0.1, 0.15) is 25.9 Å². The fraction of sp³-hybridized carbons (Fsp3) is 0.133. The van der Waals surface area contributed by atoms with E-state index in [1.807, 2.05) is 48.0 Å². The van der Waals surface area contributed by atoms with E-state index in [9.17, 15) is 4.79 Å². The lowest BCUT2D eigenvalue weighted by Gasteiger charge is -1.97. The summed E-state index contributed by atoms with van der Waals surface area (Å²) in [5, 5.41) is 3.37. The van der Waals surface area contributed by atoms with E-state index in [0.29, 0.717) is 4.88 Å². The molecule has 0 radical (unpaired) electrons. The van der Waals surface area contributed by atoms with Crippen molar-refractivity contribution < 1.29 is 4.79 Å². The average molecular weight is 298 g/mol. The summed E-state index contributed by atoms with van der Waals surface area (Å²) in [6, 6.07) is 4.07. The Balaban J connectivity index is 1.87. The molecule has 3 rings (SSSR count). The molecule has 5 nitrogen and oxygen atoms in total. The van der Waals surface area contributed by atoms with Gasteiger partial charge in [-0.15, -0.1) is 11.3 Å². The van der Waals surface area contributed by atoms with Gasteiger partial charge in [0.2, 0.25) is 0 Å². The second-order valence-corrected chi connectivity index (χ2v) is 5.65. The number of carbonyl (C=O) groups is 1. The van der Waals surface area contributed by atoms with Crippen LogP contribution in [0.5, 0.6) is 0 Å². The number of thiazole rings is 1. The Labute approximate surface area is 126 Å². The smallest absolute Gasteiger partial charge is 0.262 e. The molecule has 1 amide bonds. The fourth-order valence-corrected chi connectivity index (χ4v) is 2.74. The molecule has 0 bridgehead atoms. The van der Waals surface area contributed by atoms with Gasteiger partial charge in [-0.1, -0.05) is 0 Å². The number of aromatic nitrogens is 3. The third-order valence-electron chi connectivity index (χ3n) is 3.07. The molecule has 0 aliphatic carbocycles. The zero-order valence-electron chi connectivity index (χ0n) is 11.7. The zero-order valence-corrected chi connectivity index (χ0v) is 12.5. The fourth-order valence-electron chi connectivity index (χ4n) is 1.97. The Morgan fingerprint density at radius 3 is 3.00 bits per heavy atom. The van der Waals surface area contributed by atoms with Crippen molar-refractivity contribution in [2.24, 2.45) is 0 Å². The first-order valence-corrected chi connectivity index (χ1v) is 7.29. The Morgan fingerprint density at radius 2 is 2.19 bits per heavy atom. The van der Waals surface area contributed by atoms with Crippen molar-refractivity contribution in [3.63, 3.8) is 0 Å². The first-order chi connectivity index (χ1) is 10.2. The number of imidazole rings is 1. The van der Waals surface area contributed by atoms with E-state index in [2.05, 4.69) is 15.3 Å². The molecule has 6 heteroatoms. The highest BCUT2D eigenvalue weighted by Gasteiger charge is 2.07. The van der Waals surface area contributed by atoms with Gasteiger partial charge in [0.1, 0.15) is 15.5 Å².